The highest BCUT2D eigenvalue weighted by Gasteiger charge is 2.43. The second kappa shape index (κ2) is 6.77. The Kier molecular flexibility index (Phi) is 4.25. The van der Waals surface area contributed by atoms with E-state index < -0.39 is 0 Å². The largest absolute Gasteiger partial charge is 0.393 e. The molecular weight excluding hydrogens is 340 g/mol. The molecule has 0 spiro atoms. The van der Waals surface area contributed by atoms with Crippen molar-refractivity contribution in [3.05, 3.63) is 53.3 Å². The van der Waals surface area contributed by atoms with Gasteiger partial charge in [-0.15, -0.1) is 0 Å². The number of fused-ring (bicyclic) bond motifs is 3. The number of aliphatic hydroxyl groups is 1. The molecule has 2 fully saturated rings. The van der Waals surface area contributed by atoms with E-state index in [9.17, 15) is 9.90 Å². The molecule has 0 radical (unpaired) electrons. The fourth-order valence-electron chi connectivity index (χ4n) is 5.01. The number of amides is 1. The normalized spacial score (nSPS) is 27.6. The Morgan fingerprint density at radius 3 is 2.59 bits per heavy atom. The van der Waals surface area contributed by atoms with E-state index in [-0.39, 0.29) is 24.1 Å². The Morgan fingerprint density at radius 2 is 1.85 bits per heavy atom. The van der Waals surface area contributed by atoms with Gasteiger partial charge >= 0.3 is 0 Å². The van der Waals surface area contributed by atoms with E-state index >= 15 is 0 Å². The van der Waals surface area contributed by atoms with Gasteiger partial charge in [0.2, 0.25) is 0 Å². The standard InChI is InChI=1S/C21H26N4O2/c26-19-10-16-6-7-17(11-19)25(16)21(27)20-12-18-14-23(8-9-24(18)22-20)13-15-4-2-1-3-5-15/h1-5,12,16-17,19,26H,6-11,13-14H2/t16-,17+,19?. The molecule has 2 saturated heterocycles. The maximum Gasteiger partial charge on any atom is 0.274 e. The van der Waals surface area contributed by atoms with Crippen LogP contribution in [0.15, 0.2) is 36.4 Å². The summed E-state index contributed by atoms with van der Waals surface area (Å²) in [6.07, 6.45) is 3.17. The third-order valence-corrected chi connectivity index (χ3v) is 6.29. The van der Waals surface area contributed by atoms with Crippen LogP contribution in [0.2, 0.25) is 0 Å². The average Bonchev–Trinajstić information content (AvgIpc) is 3.21. The van der Waals surface area contributed by atoms with Gasteiger partial charge in [0, 0.05) is 31.7 Å². The molecule has 1 aromatic carbocycles. The quantitative estimate of drug-likeness (QED) is 0.903. The van der Waals surface area contributed by atoms with E-state index in [2.05, 4.69) is 34.3 Å². The van der Waals surface area contributed by atoms with Crippen molar-refractivity contribution in [3.8, 4) is 0 Å². The molecule has 5 rings (SSSR count). The zero-order valence-electron chi connectivity index (χ0n) is 15.5. The van der Waals surface area contributed by atoms with Crippen LogP contribution in [0.3, 0.4) is 0 Å². The highest BCUT2D eigenvalue weighted by molar-refractivity contribution is 5.93. The van der Waals surface area contributed by atoms with E-state index in [0.29, 0.717) is 18.5 Å². The summed E-state index contributed by atoms with van der Waals surface area (Å²) in [6.45, 7) is 3.50. The molecule has 1 amide bonds. The molecule has 3 aliphatic rings. The fraction of sp³-hybridized carbons (Fsp3) is 0.524. The molecule has 6 nitrogen and oxygen atoms in total. The second-order valence-electron chi connectivity index (χ2n) is 8.16. The Hall–Kier alpha value is -2.18. The van der Waals surface area contributed by atoms with E-state index in [0.717, 1.165) is 44.7 Å². The maximum atomic E-state index is 13.1. The minimum Gasteiger partial charge on any atom is -0.393 e. The molecule has 4 heterocycles. The van der Waals surface area contributed by atoms with Crippen molar-refractivity contribution in [3.63, 3.8) is 0 Å². The molecule has 1 N–H and O–H groups in total. The van der Waals surface area contributed by atoms with Gasteiger partial charge in [0.1, 0.15) is 0 Å². The van der Waals surface area contributed by atoms with E-state index in [1.807, 2.05) is 21.7 Å². The predicted octanol–water partition coefficient (Wildman–Crippen LogP) is 2.03. The van der Waals surface area contributed by atoms with Crippen molar-refractivity contribution in [2.24, 2.45) is 0 Å². The average molecular weight is 366 g/mol. The van der Waals surface area contributed by atoms with Crippen LogP contribution in [-0.4, -0.2) is 55.3 Å². The van der Waals surface area contributed by atoms with Gasteiger partial charge in [-0.1, -0.05) is 30.3 Å². The highest BCUT2D eigenvalue weighted by atomic mass is 16.3. The molecule has 1 aromatic heterocycles. The first-order chi connectivity index (χ1) is 13.2. The van der Waals surface area contributed by atoms with E-state index in [1.54, 1.807) is 0 Å². The smallest absolute Gasteiger partial charge is 0.274 e. The van der Waals surface area contributed by atoms with Crippen LogP contribution in [0.4, 0.5) is 0 Å². The third-order valence-electron chi connectivity index (χ3n) is 6.29. The summed E-state index contributed by atoms with van der Waals surface area (Å²) in [4.78, 5) is 17.5. The number of carbonyl (C=O) groups excluding carboxylic acids is 1. The number of aromatic nitrogens is 2. The lowest BCUT2D eigenvalue weighted by Gasteiger charge is -2.36. The number of nitrogens with zero attached hydrogens (tertiary/aromatic N) is 4. The Labute approximate surface area is 159 Å². The molecule has 0 aliphatic carbocycles. The molecular formula is C21H26N4O2. The van der Waals surface area contributed by atoms with E-state index in [4.69, 9.17) is 0 Å². The summed E-state index contributed by atoms with van der Waals surface area (Å²) in [5.74, 6) is 0.0471. The van der Waals surface area contributed by atoms with Gasteiger partial charge in [0.15, 0.2) is 5.69 Å². The van der Waals surface area contributed by atoms with Gasteiger partial charge in [0.25, 0.3) is 5.91 Å². The molecule has 27 heavy (non-hydrogen) atoms. The zero-order valence-corrected chi connectivity index (χ0v) is 15.5. The van der Waals surface area contributed by atoms with Crippen molar-refractivity contribution >= 4 is 5.91 Å². The number of hydrogen-bond acceptors (Lipinski definition) is 4. The highest BCUT2D eigenvalue weighted by Crippen LogP contribution is 2.36. The number of benzene rings is 1. The third kappa shape index (κ3) is 3.17. The minimum absolute atomic E-state index is 0.0471. The number of aliphatic hydroxyl groups excluding tert-OH is 1. The van der Waals surface area contributed by atoms with Gasteiger partial charge in [-0.2, -0.15) is 5.10 Å². The van der Waals surface area contributed by atoms with Gasteiger partial charge in [-0.3, -0.25) is 14.4 Å². The van der Waals surface area contributed by atoms with E-state index in [1.165, 1.54) is 5.56 Å². The summed E-state index contributed by atoms with van der Waals surface area (Å²) in [5, 5.41) is 14.6. The first kappa shape index (κ1) is 17.0. The van der Waals surface area contributed by atoms with Crippen molar-refractivity contribution in [2.75, 3.05) is 6.54 Å². The lowest BCUT2D eigenvalue weighted by atomic mass is 9.99. The molecule has 1 unspecified atom stereocenters. The molecule has 6 heteroatoms. The van der Waals surface area contributed by atoms with Gasteiger partial charge < -0.3 is 10.0 Å². The summed E-state index contributed by atoms with van der Waals surface area (Å²) >= 11 is 0. The lowest BCUT2D eigenvalue weighted by molar-refractivity contribution is 0.0282. The Bertz CT molecular complexity index is 820. The summed E-state index contributed by atoms with van der Waals surface area (Å²) in [5.41, 5.74) is 3.00. The molecule has 3 atom stereocenters. The summed E-state index contributed by atoms with van der Waals surface area (Å²) < 4.78 is 2.00. The molecule has 0 saturated carbocycles. The van der Waals surface area contributed by atoms with Gasteiger partial charge in [-0.05, 0) is 37.3 Å². The van der Waals surface area contributed by atoms with Crippen molar-refractivity contribution < 1.29 is 9.90 Å². The van der Waals surface area contributed by atoms with Crippen LogP contribution in [0.25, 0.3) is 0 Å². The Morgan fingerprint density at radius 1 is 1.11 bits per heavy atom. The summed E-state index contributed by atoms with van der Waals surface area (Å²) in [6, 6.07) is 12.8. The second-order valence-corrected chi connectivity index (χ2v) is 8.16. The molecule has 142 valence electrons. The molecule has 3 aliphatic heterocycles. The Balaban J connectivity index is 1.31. The predicted molar refractivity (Wildman–Crippen MR) is 101 cm³/mol. The number of piperidine rings is 1. The summed E-state index contributed by atoms with van der Waals surface area (Å²) in [7, 11) is 0. The van der Waals surface area contributed by atoms with Crippen molar-refractivity contribution in [2.45, 2.75) is 63.5 Å². The number of rotatable bonds is 3. The first-order valence-electron chi connectivity index (χ1n) is 10.0. The maximum absolute atomic E-state index is 13.1. The SMILES string of the molecule is O=C(c1cc2n(n1)CCN(Cc1ccccc1)C2)N1[C@@H]2CC[C@H]1CC(O)C2. The topological polar surface area (TPSA) is 61.6 Å². The lowest BCUT2D eigenvalue weighted by Crippen LogP contribution is -2.48. The van der Waals surface area contributed by atoms with Crippen LogP contribution < -0.4 is 0 Å². The van der Waals surface area contributed by atoms with Crippen molar-refractivity contribution in [1.29, 1.82) is 0 Å². The molecule has 2 bridgehead atoms. The van der Waals surface area contributed by atoms with Crippen LogP contribution in [0, 0.1) is 0 Å². The van der Waals surface area contributed by atoms with Crippen LogP contribution in [-0.2, 0) is 19.6 Å². The molecule has 2 aromatic rings. The van der Waals surface area contributed by atoms with Crippen LogP contribution in [0.1, 0.15) is 47.4 Å². The number of hydrogen-bond donors (Lipinski definition) is 1. The zero-order chi connectivity index (χ0) is 18.4. The van der Waals surface area contributed by atoms with Gasteiger partial charge in [-0.25, -0.2) is 0 Å². The minimum atomic E-state index is -0.256. The van der Waals surface area contributed by atoms with Gasteiger partial charge in [0.05, 0.1) is 18.3 Å². The van der Waals surface area contributed by atoms with Crippen molar-refractivity contribution in [1.82, 2.24) is 19.6 Å². The first-order valence-corrected chi connectivity index (χ1v) is 10.0. The van der Waals surface area contributed by atoms with Crippen LogP contribution in [0.5, 0.6) is 0 Å². The monoisotopic (exact) mass is 366 g/mol. The number of carbonyl (C=O) groups is 1. The van der Waals surface area contributed by atoms with Crippen LogP contribution >= 0.6 is 0 Å². The fourth-order valence-corrected chi connectivity index (χ4v) is 5.01.